The molecule has 27 heavy (non-hydrogen) atoms. The Balaban J connectivity index is 1.62. The number of hydrogen-bond acceptors (Lipinski definition) is 5. The van der Waals surface area contributed by atoms with Crippen LogP contribution in [0.15, 0.2) is 52.4 Å². The number of nitrogens with zero attached hydrogens (tertiary/aromatic N) is 5. The van der Waals surface area contributed by atoms with Gasteiger partial charge in [-0.1, -0.05) is 41.0 Å². The lowest BCUT2D eigenvalue weighted by Crippen LogP contribution is -2.23. The molecule has 0 radical (unpaired) electrons. The Morgan fingerprint density at radius 2 is 1.96 bits per heavy atom. The van der Waals surface area contributed by atoms with Gasteiger partial charge in [-0.15, -0.1) is 0 Å². The lowest BCUT2D eigenvalue weighted by Gasteiger charge is -2.07. The molecule has 0 aliphatic rings. The summed E-state index contributed by atoms with van der Waals surface area (Å²) >= 11 is 5.88. The maximum absolute atomic E-state index is 12.1. The van der Waals surface area contributed by atoms with E-state index in [0.717, 1.165) is 29.0 Å². The van der Waals surface area contributed by atoms with Crippen molar-refractivity contribution in [2.45, 2.75) is 19.8 Å². The Hall–Kier alpha value is -2.93. The quantitative estimate of drug-likeness (QED) is 0.356. The largest absolute Gasteiger partial charge is 0.396 e. The topological polar surface area (TPSA) is 74.3 Å². The van der Waals surface area contributed by atoms with Crippen LogP contribution in [0.3, 0.4) is 0 Å². The predicted molar refractivity (Wildman–Crippen MR) is 105 cm³/mol. The summed E-state index contributed by atoms with van der Waals surface area (Å²) in [6.07, 6.45) is 3.33. The Morgan fingerprint density at radius 3 is 2.67 bits per heavy atom. The van der Waals surface area contributed by atoms with Gasteiger partial charge in [0.25, 0.3) is 0 Å². The van der Waals surface area contributed by atoms with Crippen molar-refractivity contribution in [1.82, 2.24) is 19.8 Å². The van der Waals surface area contributed by atoms with E-state index >= 15 is 0 Å². The molecule has 140 valence electrons. The molecule has 0 bridgehead atoms. The molecule has 0 spiro atoms. The van der Waals surface area contributed by atoms with Crippen molar-refractivity contribution in [2.24, 2.45) is 12.2 Å². The highest BCUT2D eigenvalue weighted by Crippen LogP contribution is 2.15. The number of tetrazole rings is 1. The minimum Gasteiger partial charge on any atom is -0.396 e. The van der Waals surface area contributed by atoms with Gasteiger partial charge in [0.15, 0.2) is 0 Å². The van der Waals surface area contributed by atoms with Gasteiger partial charge in [-0.25, -0.2) is 4.79 Å². The molecular weight excluding hydrogens is 366 g/mol. The van der Waals surface area contributed by atoms with E-state index < -0.39 is 0 Å². The Labute approximate surface area is 161 Å². The first-order valence-electron chi connectivity index (χ1n) is 8.55. The van der Waals surface area contributed by atoms with E-state index in [-0.39, 0.29) is 5.69 Å². The highest BCUT2D eigenvalue weighted by Gasteiger charge is 2.11. The lowest BCUT2D eigenvalue weighted by molar-refractivity contribution is 0.143. The molecule has 0 saturated carbocycles. The third-order valence-corrected chi connectivity index (χ3v) is 4.37. The van der Waals surface area contributed by atoms with Crippen LogP contribution in [0.5, 0.6) is 0 Å². The van der Waals surface area contributed by atoms with Crippen molar-refractivity contribution in [1.29, 1.82) is 0 Å². The number of hydrogen-bond donors (Lipinski definition) is 0. The second kappa shape index (κ2) is 8.64. The minimum absolute atomic E-state index is 0.320. The molecule has 8 heteroatoms. The van der Waals surface area contributed by atoms with Crippen LogP contribution in [-0.2, 0) is 18.3 Å². The molecule has 0 unspecified atom stereocenters. The third kappa shape index (κ3) is 4.62. The van der Waals surface area contributed by atoms with Gasteiger partial charge in [0.1, 0.15) is 6.61 Å². The van der Waals surface area contributed by atoms with E-state index in [1.54, 1.807) is 19.3 Å². The van der Waals surface area contributed by atoms with Crippen LogP contribution in [-0.4, -0.2) is 32.6 Å². The average Bonchev–Trinajstić information content (AvgIpc) is 2.99. The van der Waals surface area contributed by atoms with Crippen LogP contribution in [0.2, 0.25) is 5.02 Å². The summed E-state index contributed by atoms with van der Waals surface area (Å²) in [6.45, 7) is 2.43. The van der Waals surface area contributed by atoms with Crippen LogP contribution in [0.25, 0.3) is 5.69 Å². The fourth-order valence-electron chi connectivity index (χ4n) is 2.62. The SMILES string of the molecule is Cc1cccc(-n2nnn(C)c2=O)c1/C=N\OCCCc1ccc(Cl)cc1. The summed E-state index contributed by atoms with van der Waals surface area (Å²) in [6, 6.07) is 13.4. The van der Waals surface area contributed by atoms with Crippen molar-refractivity contribution in [3.05, 3.63) is 74.7 Å². The smallest absolute Gasteiger partial charge is 0.368 e. The van der Waals surface area contributed by atoms with Crippen molar-refractivity contribution in [2.75, 3.05) is 6.61 Å². The summed E-state index contributed by atoms with van der Waals surface area (Å²) in [5.74, 6) is 0. The van der Waals surface area contributed by atoms with Crippen molar-refractivity contribution in [3.63, 3.8) is 0 Å². The van der Waals surface area contributed by atoms with Gasteiger partial charge in [0.2, 0.25) is 0 Å². The molecular formula is C19H20ClN5O2. The second-order valence-corrected chi connectivity index (χ2v) is 6.54. The van der Waals surface area contributed by atoms with Crippen molar-refractivity contribution in [3.8, 4) is 5.69 Å². The molecule has 0 aliphatic carbocycles. The summed E-state index contributed by atoms with van der Waals surface area (Å²) in [7, 11) is 1.55. The molecule has 7 nitrogen and oxygen atoms in total. The maximum Gasteiger partial charge on any atom is 0.368 e. The lowest BCUT2D eigenvalue weighted by atomic mass is 10.1. The highest BCUT2D eigenvalue weighted by molar-refractivity contribution is 6.30. The Morgan fingerprint density at radius 1 is 1.19 bits per heavy atom. The van der Waals surface area contributed by atoms with E-state index in [2.05, 4.69) is 15.6 Å². The molecule has 3 rings (SSSR count). The van der Waals surface area contributed by atoms with Gasteiger partial charge in [-0.3, -0.25) is 0 Å². The number of aryl methyl sites for hydroxylation is 3. The van der Waals surface area contributed by atoms with Gasteiger partial charge in [-0.2, -0.15) is 9.36 Å². The zero-order chi connectivity index (χ0) is 19.2. The van der Waals surface area contributed by atoms with Gasteiger partial charge < -0.3 is 4.84 Å². The normalized spacial score (nSPS) is 11.2. The molecule has 1 heterocycles. The third-order valence-electron chi connectivity index (χ3n) is 4.12. The van der Waals surface area contributed by atoms with Crippen LogP contribution in [0.4, 0.5) is 0 Å². The standard InChI is InChI=1S/C19H20ClN5O2/c1-14-5-3-7-18(25-19(26)24(2)22-23-25)17(14)13-21-27-12-4-6-15-8-10-16(20)11-9-15/h3,5,7-11,13H,4,6,12H2,1-2H3/b21-13-. The Bertz CT molecular complexity index is 992. The fourth-order valence-corrected chi connectivity index (χ4v) is 2.74. The molecule has 0 saturated heterocycles. The maximum atomic E-state index is 12.1. The molecule has 1 aromatic heterocycles. The van der Waals surface area contributed by atoms with E-state index in [9.17, 15) is 4.79 Å². The number of oxime groups is 1. The van der Waals surface area contributed by atoms with Crippen LogP contribution in [0.1, 0.15) is 23.1 Å². The second-order valence-electron chi connectivity index (χ2n) is 6.10. The Kier molecular flexibility index (Phi) is 6.03. The van der Waals surface area contributed by atoms with Gasteiger partial charge in [-0.05, 0) is 59.5 Å². The molecule has 0 aliphatic heterocycles. The average molecular weight is 386 g/mol. The summed E-state index contributed by atoms with van der Waals surface area (Å²) < 4.78 is 2.42. The van der Waals surface area contributed by atoms with Gasteiger partial charge in [0, 0.05) is 17.6 Å². The minimum atomic E-state index is -0.320. The summed E-state index contributed by atoms with van der Waals surface area (Å²) in [5, 5.41) is 12.4. The first-order chi connectivity index (χ1) is 13.1. The van der Waals surface area contributed by atoms with E-state index in [1.807, 2.05) is 43.3 Å². The number of benzene rings is 2. The van der Waals surface area contributed by atoms with Gasteiger partial charge >= 0.3 is 5.69 Å². The first-order valence-corrected chi connectivity index (χ1v) is 8.93. The first kappa shape index (κ1) is 18.8. The zero-order valence-electron chi connectivity index (χ0n) is 15.2. The monoisotopic (exact) mass is 385 g/mol. The van der Waals surface area contributed by atoms with Crippen LogP contribution in [0, 0.1) is 6.92 Å². The molecule has 0 atom stereocenters. The fraction of sp³-hybridized carbons (Fsp3) is 0.263. The van der Waals surface area contributed by atoms with Crippen molar-refractivity contribution < 1.29 is 4.84 Å². The summed E-state index contributed by atoms with van der Waals surface area (Å²) in [4.78, 5) is 17.5. The predicted octanol–water partition coefficient (Wildman–Crippen LogP) is 2.91. The highest BCUT2D eigenvalue weighted by atomic mass is 35.5. The van der Waals surface area contributed by atoms with E-state index in [1.165, 1.54) is 14.9 Å². The summed E-state index contributed by atoms with van der Waals surface area (Å²) in [5.41, 5.74) is 3.22. The molecule has 0 amide bonds. The van der Waals surface area contributed by atoms with E-state index in [0.29, 0.717) is 12.3 Å². The van der Waals surface area contributed by atoms with E-state index in [4.69, 9.17) is 16.4 Å². The zero-order valence-corrected chi connectivity index (χ0v) is 15.9. The van der Waals surface area contributed by atoms with Crippen LogP contribution < -0.4 is 5.69 Å². The number of halogens is 1. The molecule has 2 aromatic carbocycles. The van der Waals surface area contributed by atoms with Crippen molar-refractivity contribution >= 4 is 17.8 Å². The van der Waals surface area contributed by atoms with Gasteiger partial charge in [0.05, 0.1) is 11.9 Å². The molecule has 0 fully saturated rings. The number of rotatable bonds is 7. The number of aromatic nitrogens is 4. The van der Waals surface area contributed by atoms with Crippen LogP contribution >= 0.6 is 11.6 Å². The molecule has 3 aromatic rings. The molecule has 0 N–H and O–H groups in total.